The molecule has 0 aromatic heterocycles. The van der Waals surface area contributed by atoms with E-state index in [-0.39, 0.29) is 34.6 Å². The molecular weight excluding hydrogens is 393 g/mol. The molecule has 1 aromatic rings. The smallest absolute Gasteiger partial charge is 0.266 e. The van der Waals surface area contributed by atoms with Crippen LogP contribution in [0.2, 0.25) is 0 Å². The number of rotatable bonds is 19. The van der Waals surface area contributed by atoms with Crippen molar-refractivity contribution < 1.29 is 12.6 Å². The first-order valence-electron chi connectivity index (χ1n) is 11.6. The van der Waals surface area contributed by atoms with Gasteiger partial charge in [0.15, 0.2) is 0 Å². The van der Waals surface area contributed by atoms with Gasteiger partial charge in [-0.15, -0.1) is 0 Å². The van der Waals surface area contributed by atoms with E-state index in [0.29, 0.717) is 0 Å². The van der Waals surface area contributed by atoms with Crippen molar-refractivity contribution in [2.45, 2.75) is 115 Å². The summed E-state index contributed by atoms with van der Waals surface area (Å²) in [5, 5.41) is 0. The van der Waals surface area contributed by atoms with Gasteiger partial charge in [-0.25, -0.2) is 0 Å². The van der Waals surface area contributed by atoms with Crippen LogP contribution >= 0.6 is 0 Å². The van der Waals surface area contributed by atoms with Crippen molar-refractivity contribution in [1.29, 1.82) is 0 Å². The first kappa shape index (κ1) is 28.9. The Morgan fingerprint density at radius 2 is 1.00 bits per heavy atom. The molecule has 0 heterocycles. The predicted octanol–water partition coefficient (Wildman–Crippen LogP) is 7.27. The van der Waals surface area contributed by atoms with E-state index in [4.69, 9.17) is 4.18 Å². The predicted molar refractivity (Wildman–Crippen MR) is 125 cm³/mol. The fourth-order valence-corrected chi connectivity index (χ4v) is 4.44. The minimum Gasteiger partial charge on any atom is -0.266 e. The Hall–Kier alpha value is -0.104. The molecule has 0 unspecified atom stereocenters. The van der Waals surface area contributed by atoms with E-state index in [0.717, 1.165) is 12.8 Å². The van der Waals surface area contributed by atoms with Crippen LogP contribution in [0.5, 0.6) is 0 Å². The summed E-state index contributed by atoms with van der Waals surface area (Å²) in [5.41, 5.74) is 0. The Morgan fingerprint density at radius 3 is 1.41 bits per heavy atom. The van der Waals surface area contributed by atoms with Gasteiger partial charge < -0.3 is 0 Å². The number of benzene rings is 1. The van der Waals surface area contributed by atoms with Crippen molar-refractivity contribution in [3.63, 3.8) is 0 Å². The van der Waals surface area contributed by atoms with Crippen LogP contribution < -0.4 is 0 Å². The van der Waals surface area contributed by atoms with Gasteiger partial charge in [-0.3, -0.25) is 4.18 Å². The highest BCUT2D eigenvalue weighted by molar-refractivity contribution is 7.86. The third-order valence-corrected chi connectivity index (χ3v) is 6.59. The lowest BCUT2D eigenvalue weighted by Crippen LogP contribution is -2.07. The van der Waals surface area contributed by atoms with Crippen LogP contribution in [0.3, 0.4) is 0 Å². The largest absolute Gasteiger partial charge is 0.296 e. The maximum Gasteiger partial charge on any atom is 0.296 e. The lowest BCUT2D eigenvalue weighted by atomic mass is 10.0. The number of hydrogen-bond acceptors (Lipinski definition) is 3. The Kier molecular flexibility index (Phi) is 19.8. The van der Waals surface area contributed by atoms with Crippen LogP contribution in [-0.2, 0) is 14.3 Å². The summed E-state index contributed by atoms with van der Waals surface area (Å²) in [6.45, 7) is 2.56. The summed E-state index contributed by atoms with van der Waals surface area (Å²) < 4.78 is 29.0. The first-order valence-corrected chi connectivity index (χ1v) is 13.0. The number of unbranched alkanes of at least 4 members (excludes halogenated alkanes) is 15. The minimum atomic E-state index is -3.58. The van der Waals surface area contributed by atoms with Gasteiger partial charge in [0.25, 0.3) is 10.1 Å². The van der Waals surface area contributed by atoms with Gasteiger partial charge >= 0.3 is 0 Å². The average Bonchev–Trinajstić information content (AvgIpc) is 2.71. The minimum absolute atomic E-state index is 0. The van der Waals surface area contributed by atoms with E-state index in [1.807, 2.05) is 0 Å². The van der Waals surface area contributed by atoms with Crippen molar-refractivity contribution in [2.24, 2.45) is 0 Å². The standard InChI is InChI=1S/C24H42O3S.Mg/c1-2-3-4-5-6-7-8-9-10-11-12-13-14-15-16-20-23-27-28(25,26)24-21-18-17-19-22-24;/h17-19,21-22H,2-16,20,23H2,1H3;. The molecule has 5 heteroatoms. The molecule has 0 bridgehead atoms. The Morgan fingerprint density at radius 1 is 0.621 bits per heavy atom. The lowest BCUT2D eigenvalue weighted by molar-refractivity contribution is 0.306. The van der Waals surface area contributed by atoms with E-state index in [1.165, 1.54) is 89.9 Å². The van der Waals surface area contributed by atoms with Crippen molar-refractivity contribution in [2.75, 3.05) is 6.61 Å². The zero-order valence-corrected chi connectivity index (χ0v) is 21.0. The second-order valence-electron chi connectivity index (χ2n) is 7.89. The van der Waals surface area contributed by atoms with Crippen molar-refractivity contribution >= 4 is 33.2 Å². The SMILES string of the molecule is CCCCCCCCCCCCCCCCCCOS(=O)(=O)c1ccccc1.[Mg]. The molecule has 1 rings (SSSR count). The summed E-state index contributed by atoms with van der Waals surface area (Å²) in [6, 6.07) is 8.37. The maximum atomic E-state index is 12.0. The molecule has 0 aliphatic carbocycles. The van der Waals surface area contributed by atoms with Gasteiger partial charge in [0.1, 0.15) is 0 Å². The Labute approximate surface area is 196 Å². The molecule has 0 amide bonds. The summed E-state index contributed by atoms with van der Waals surface area (Å²) >= 11 is 0. The lowest BCUT2D eigenvalue weighted by Gasteiger charge is -2.06. The average molecular weight is 435 g/mol. The monoisotopic (exact) mass is 434 g/mol. The van der Waals surface area contributed by atoms with E-state index < -0.39 is 10.1 Å². The van der Waals surface area contributed by atoms with Gasteiger partial charge in [-0.1, -0.05) is 121 Å². The number of hydrogen-bond donors (Lipinski definition) is 0. The third kappa shape index (κ3) is 16.3. The van der Waals surface area contributed by atoms with Crippen LogP contribution in [0.25, 0.3) is 0 Å². The Balaban J connectivity index is 0.00000784. The molecule has 0 aliphatic heterocycles. The molecule has 2 radical (unpaired) electrons. The molecule has 0 saturated carbocycles. The van der Waals surface area contributed by atoms with Crippen LogP contribution in [0.15, 0.2) is 35.2 Å². The van der Waals surface area contributed by atoms with Crippen molar-refractivity contribution in [3.05, 3.63) is 30.3 Å². The highest BCUT2D eigenvalue weighted by Crippen LogP contribution is 2.15. The van der Waals surface area contributed by atoms with Crippen molar-refractivity contribution in [3.8, 4) is 0 Å². The van der Waals surface area contributed by atoms with E-state index in [1.54, 1.807) is 30.3 Å². The van der Waals surface area contributed by atoms with Crippen LogP contribution in [0, 0.1) is 0 Å². The normalized spacial score (nSPS) is 11.3. The van der Waals surface area contributed by atoms with E-state index in [2.05, 4.69) is 6.92 Å². The summed E-state index contributed by atoms with van der Waals surface area (Å²) in [5.74, 6) is 0. The van der Waals surface area contributed by atoms with Gasteiger partial charge in [-0.2, -0.15) is 8.42 Å². The van der Waals surface area contributed by atoms with Gasteiger partial charge in [-0.05, 0) is 18.6 Å². The molecule has 164 valence electrons. The molecule has 0 atom stereocenters. The fraction of sp³-hybridized carbons (Fsp3) is 0.750. The Bertz CT molecular complexity index is 561. The van der Waals surface area contributed by atoms with Gasteiger partial charge in [0.05, 0.1) is 11.5 Å². The molecule has 3 nitrogen and oxygen atoms in total. The highest BCUT2D eigenvalue weighted by atomic mass is 32.2. The first-order chi connectivity index (χ1) is 13.7. The summed E-state index contributed by atoms with van der Waals surface area (Å²) in [4.78, 5) is 0.242. The molecule has 29 heavy (non-hydrogen) atoms. The molecular formula is C24H42MgO3S. The highest BCUT2D eigenvalue weighted by Gasteiger charge is 2.13. The molecule has 0 aliphatic rings. The van der Waals surface area contributed by atoms with Gasteiger partial charge in [0.2, 0.25) is 0 Å². The quantitative estimate of drug-likeness (QED) is 0.130. The van der Waals surface area contributed by atoms with E-state index in [9.17, 15) is 8.42 Å². The molecule has 1 aromatic carbocycles. The van der Waals surface area contributed by atoms with Crippen LogP contribution in [0.4, 0.5) is 0 Å². The van der Waals surface area contributed by atoms with Gasteiger partial charge in [0, 0.05) is 23.1 Å². The molecule has 0 N–H and O–H groups in total. The zero-order chi connectivity index (χ0) is 20.3. The van der Waals surface area contributed by atoms with E-state index >= 15 is 0 Å². The van der Waals surface area contributed by atoms with Crippen LogP contribution in [0.1, 0.15) is 110 Å². The third-order valence-electron chi connectivity index (χ3n) is 5.27. The second kappa shape index (κ2) is 19.8. The maximum absolute atomic E-state index is 12.0. The van der Waals surface area contributed by atoms with Crippen LogP contribution in [-0.4, -0.2) is 38.1 Å². The molecule has 0 spiro atoms. The molecule has 0 fully saturated rings. The van der Waals surface area contributed by atoms with Crippen molar-refractivity contribution in [1.82, 2.24) is 0 Å². The zero-order valence-electron chi connectivity index (χ0n) is 18.7. The summed E-state index contributed by atoms with van der Waals surface area (Å²) in [6.07, 6.45) is 20.9. The topological polar surface area (TPSA) is 43.4 Å². The summed E-state index contributed by atoms with van der Waals surface area (Å²) in [7, 11) is -3.58. The molecule has 0 saturated heterocycles. The second-order valence-corrected chi connectivity index (χ2v) is 9.51. The fourth-order valence-electron chi connectivity index (χ4n) is 3.47.